The van der Waals surface area contributed by atoms with Crippen LogP contribution in [0.15, 0.2) is 81.4 Å². The van der Waals surface area contributed by atoms with Crippen LogP contribution in [0.5, 0.6) is 0 Å². The summed E-state index contributed by atoms with van der Waals surface area (Å²) < 4.78 is 0. The van der Waals surface area contributed by atoms with E-state index in [0.29, 0.717) is 11.1 Å². The number of hydrogen-bond acceptors (Lipinski definition) is 4. The van der Waals surface area contributed by atoms with Gasteiger partial charge in [0.25, 0.3) is 11.8 Å². The number of nitrogens with one attached hydrogen (secondary N) is 2. The standard InChI is InChI=1S/C21H13N3O2/c25-20-16-15-11-6-2-4-8-14(11)23-18(15)12-9-10-5-1-3-7-13(10)22-19(12)17(16)21(26)24-20/h1-9,14,19,22H,(H,24,25,26). The van der Waals surface area contributed by atoms with Crippen LogP contribution in [0.2, 0.25) is 0 Å². The first-order chi connectivity index (χ1) is 12.7. The maximum atomic E-state index is 12.6. The van der Waals surface area contributed by atoms with Gasteiger partial charge in [-0.05, 0) is 23.3 Å². The van der Waals surface area contributed by atoms with E-state index in [1.807, 2.05) is 48.6 Å². The van der Waals surface area contributed by atoms with E-state index >= 15 is 0 Å². The Kier molecular flexibility index (Phi) is 2.43. The van der Waals surface area contributed by atoms with Gasteiger partial charge in [-0.3, -0.25) is 19.9 Å². The predicted molar refractivity (Wildman–Crippen MR) is 98.5 cm³/mol. The van der Waals surface area contributed by atoms with Crippen molar-refractivity contribution in [3.8, 4) is 0 Å². The van der Waals surface area contributed by atoms with Gasteiger partial charge in [-0.25, -0.2) is 0 Å². The molecule has 0 fully saturated rings. The molecule has 0 spiro atoms. The van der Waals surface area contributed by atoms with Gasteiger partial charge in [0.1, 0.15) is 0 Å². The number of allylic oxidation sites excluding steroid dienone is 2. The molecule has 0 aromatic heterocycles. The summed E-state index contributed by atoms with van der Waals surface area (Å²) >= 11 is 0. The highest BCUT2D eigenvalue weighted by Gasteiger charge is 2.48. The SMILES string of the molecule is O=C1NC(=O)C2=C1C1=C3C=CC=CC3N=C1C1=Cc3ccccc3NC12. The van der Waals surface area contributed by atoms with Gasteiger partial charge in [-0.15, -0.1) is 0 Å². The van der Waals surface area contributed by atoms with Crippen molar-refractivity contribution in [3.05, 3.63) is 82.0 Å². The molecule has 3 heterocycles. The highest BCUT2D eigenvalue weighted by molar-refractivity contribution is 6.35. The second-order valence-electron chi connectivity index (χ2n) is 6.83. The lowest BCUT2D eigenvalue weighted by atomic mass is 9.76. The number of imide groups is 1. The monoisotopic (exact) mass is 339 g/mol. The Labute approximate surface area is 149 Å². The number of hydrogen-bond donors (Lipinski definition) is 2. The zero-order valence-corrected chi connectivity index (χ0v) is 13.6. The quantitative estimate of drug-likeness (QED) is 0.711. The summed E-state index contributed by atoms with van der Waals surface area (Å²) in [5, 5.41) is 5.91. The molecule has 5 nitrogen and oxygen atoms in total. The summed E-state index contributed by atoms with van der Waals surface area (Å²) in [5.41, 5.74) is 6.53. The van der Waals surface area contributed by atoms with E-state index in [4.69, 9.17) is 4.99 Å². The van der Waals surface area contributed by atoms with Crippen molar-refractivity contribution in [2.24, 2.45) is 4.99 Å². The Balaban J connectivity index is 1.69. The molecule has 2 amide bonds. The summed E-state index contributed by atoms with van der Waals surface area (Å²) in [4.78, 5) is 30.1. The topological polar surface area (TPSA) is 70.6 Å². The van der Waals surface area contributed by atoms with Gasteiger partial charge in [0.05, 0.1) is 28.9 Å². The normalized spacial score (nSPS) is 27.1. The van der Waals surface area contributed by atoms with Gasteiger partial charge in [0.15, 0.2) is 0 Å². The van der Waals surface area contributed by atoms with Crippen molar-refractivity contribution in [1.82, 2.24) is 5.32 Å². The number of para-hydroxylation sites is 1. The molecule has 0 saturated carbocycles. The van der Waals surface area contributed by atoms with E-state index in [9.17, 15) is 9.59 Å². The second-order valence-corrected chi connectivity index (χ2v) is 6.83. The lowest BCUT2D eigenvalue weighted by Gasteiger charge is -2.33. The second kappa shape index (κ2) is 4.58. The van der Waals surface area contributed by atoms with Crippen LogP contribution in [0.25, 0.3) is 6.08 Å². The van der Waals surface area contributed by atoms with Crippen LogP contribution in [-0.4, -0.2) is 29.6 Å². The predicted octanol–water partition coefficient (Wildman–Crippen LogP) is 2.08. The average Bonchev–Trinajstić information content (AvgIpc) is 3.18. The van der Waals surface area contributed by atoms with Crippen molar-refractivity contribution >= 4 is 29.3 Å². The van der Waals surface area contributed by atoms with Crippen LogP contribution in [0.1, 0.15) is 5.56 Å². The first-order valence-electron chi connectivity index (χ1n) is 8.57. The molecule has 2 unspecified atom stereocenters. The third-order valence-corrected chi connectivity index (χ3v) is 5.46. The molecular formula is C21H13N3O2. The highest BCUT2D eigenvalue weighted by Crippen LogP contribution is 2.45. The van der Waals surface area contributed by atoms with Crippen molar-refractivity contribution in [1.29, 1.82) is 0 Å². The van der Waals surface area contributed by atoms with Gasteiger partial charge in [0, 0.05) is 16.8 Å². The molecule has 124 valence electrons. The molecule has 6 rings (SSSR count). The maximum Gasteiger partial charge on any atom is 0.259 e. The van der Waals surface area contributed by atoms with E-state index in [1.54, 1.807) is 0 Å². The van der Waals surface area contributed by atoms with E-state index in [1.165, 1.54) is 0 Å². The number of nitrogens with zero attached hydrogens (tertiary/aromatic N) is 1. The lowest BCUT2D eigenvalue weighted by molar-refractivity contribution is -0.124. The Morgan fingerprint density at radius 2 is 1.88 bits per heavy atom. The molecule has 5 heteroatoms. The Morgan fingerprint density at radius 1 is 1.00 bits per heavy atom. The molecule has 3 aliphatic heterocycles. The minimum absolute atomic E-state index is 0.0981. The largest absolute Gasteiger partial charge is 0.373 e. The Hall–Kier alpha value is -3.47. The summed E-state index contributed by atoms with van der Waals surface area (Å²) in [5.74, 6) is -0.651. The van der Waals surface area contributed by atoms with Crippen LogP contribution < -0.4 is 10.6 Å². The van der Waals surface area contributed by atoms with Crippen LogP contribution in [0, 0.1) is 0 Å². The fourth-order valence-corrected chi connectivity index (χ4v) is 4.36. The number of fused-ring (bicyclic) bond motifs is 7. The summed E-state index contributed by atoms with van der Waals surface area (Å²) in [6.07, 6.45) is 10.00. The van der Waals surface area contributed by atoms with Crippen LogP contribution in [-0.2, 0) is 9.59 Å². The van der Waals surface area contributed by atoms with Crippen LogP contribution >= 0.6 is 0 Å². The summed E-state index contributed by atoms with van der Waals surface area (Å²) in [7, 11) is 0. The molecule has 0 radical (unpaired) electrons. The first-order valence-corrected chi connectivity index (χ1v) is 8.57. The smallest absolute Gasteiger partial charge is 0.259 e. The van der Waals surface area contributed by atoms with Gasteiger partial charge in [-0.2, -0.15) is 0 Å². The molecule has 0 saturated heterocycles. The number of carbonyl (C=O) groups excluding carboxylic acids is 2. The van der Waals surface area contributed by atoms with Gasteiger partial charge >= 0.3 is 0 Å². The van der Waals surface area contributed by atoms with E-state index in [2.05, 4.69) is 16.7 Å². The van der Waals surface area contributed by atoms with Crippen molar-refractivity contribution in [2.45, 2.75) is 12.1 Å². The molecule has 0 bridgehead atoms. The van der Waals surface area contributed by atoms with Crippen LogP contribution in [0.4, 0.5) is 5.69 Å². The van der Waals surface area contributed by atoms with E-state index < -0.39 is 0 Å². The molecule has 1 aromatic carbocycles. The van der Waals surface area contributed by atoms with Crippen LogP contribution in [0.3, 0.4) is 0 Å². The van der Waals surface area contributed by atoms with Gasteiger partial charge < -0.3 is 5.32 Å². The Bertz CT molecular complexity index is 1130. The molecule has 2 N–H and O–H groups in total. The number of amides is 2. The third kappa shape index (κ3) is 1.57. The number of rotatable bonds is 0. The summed E-state index contributed by atoms with van der Waals surface area (Å²) in [6.45, 7) is 0. The zero-order chi connectivity index (χ0) is 17.4. The molecular weight excluding hydrogens is 326 g/mol. The fourth-order valence-electron chi connectivity index (χ4n) is 4.36. The lowest BCUT2D eigenvalue weighted by Crippen LogP contribution is -2.38. The Morgan fingerprint density at radius 3 is 2.81 bits per heavy atom. The number of carbonyl (C=O) groups is 2. The average molecular weight is 339 g/mol. The maximum absolute atomic E-state index is 12.6. The molecule has 5 aliphatic rings. The van der Waals surface area contributed by atoms with Gasteiger partial charge in [0.2, 0.25) is 0 Å². The number of aliphatic imine (C=N–C) groups is 1. The van der Waals surface area contributed by atoms with Gasteiger partial charge in [-0.1, -0.05) is 42.5 Å². The molecule has 2 aliphatic carbocycles. The third-order valence-electron chi connectivity index (χ3n) is 5.46. The van der Waals surface area contributed by atoms with Crippen molar-refractivity contribution < 1.29 is 9.59 Å². The first kappa shape index (κ1) is 13.8. The minimum atomic E-state index is -0.359. The highest BCUT2D eigenvalue weighted by atomic mass is 16.2. The molecule has 1 aromatic rings. The zero-order valence-electron chi connectivity index (χ0n) is 13.6. The molecule has 2 atom stereocenters. The minimum Gasteiger partial charge on any atom is -0.373 e. The van der Waals surface area contributed by atoms with E-state index in [-0.39, 0.29) is 23.9 Å². The van der Waals surface area contributed by atoms with Crippen molar-refractivity contribution in [3.63, 3.8) is 0 Å². The number of anilines is 1. The fraction of sp³-hybridized carbons (Fsp3) is 0.0952. The summed E-state index contributed by atoms with van der Waals surface area (Å²) in [6, 6.07) is 7.49. The van der Waals surface area contributed by atoms with E-state index in [0.717, 1.165) is 33.7 Å². The van der Waals surface area contributed by atoms with Crippen molar-refractivity contribution in [2.75, 3.05) is 5.32 Å². The molecule has 26 heavy (non-hydrogen) atoms. The number of benzene rings is 1.